The third kappa shape index (κ3) is 3.48. The number of para-hydroxylation sites is 1. The van der Waals surface area contributed by atoms with Gasteiger partial charge in [-0.3, -0.25) is 4.79 Å². The van der Waals surface area contributed by atoms with E-state index in [2.05, 4.69) is 27.0 Å². The molecule has 1 amide bonds. The molecule has 3 aromatic rings. The standard InChI is InChI=1S/C19H19BrN2O/c1-13-17(16-5-3-4-6-18(16)21-13)11-19(23)22(2)12-14-7-9-15(20)10-8-14/h3-10,21H,11-12H2,1-2H3. The van der Waals surface area contributed by atoms with Gasteiger partial charge in [0.05, 0.1) is 6.42 Å². The fourth-order valence-corrected chi connectivity index (χ4v) is 3.06. The average Bonchev–Trinajstić information content (AvgIpc) is 2.85. The van der Waals surface area contributed by atoms with Crippen molar-refractivity contribution in [3.05, 3.63) is 69.8 Å². The summed E-state index contributed by atoms with van der Waals surface area (Å²) >= 11 is 3.43. The van der Waals surface area contributed by atoms with Crippen molar-refractivity contribution in [3.8, 4) is 0 Å². The Morgan fingerprint density at radius 2 is 1.83 bits per heavy atom. The number of halogens is 1. The molecule has 0 aliphatic rings. The van der Waals surface area contributed by atoms with Crippen molar-refractivity contribution >= 4 is 32.7 Å². The maximum absolute atomic E-state index is 12.6. The van der Waals surface area contributed by atoms with E-state index in [0.29, 0.717) is 13.0 Å². The minimum Gasteiger partial charge on any atom is -0.358 e. The number of nitrogens with zero attached hydrogens (tertiary/aromatic N) is 1. The molecule has 1 aromatic heterocycles. The lowest BCUT2D eigenvalue weighted by Crippen LogP contribution is -2.27. The van der Waals surface area contributed by atoms with Gasteiger partial charge in [-0.1, -0.05) is 46.3 Å². The van der Waals surface area contributed by atoms with Crippen LogP contribution in [-0.2, 0) is 17.8 Å². The summed E-state index contributed by atoms with van der Waals surface area (Å²) in [6, 6.07) is 16.2. The zero-order valence-electron chi connectivity index (χ0n) is 13.3. The molecule has 0 aliphatic carbocycles. The van der Waals surface area contributed by atoms with Crippen LogP contribution in [0.15, 0.2) is 53.0 Å². The van der Waals surface area contributed by atoms with E-state index >= 15 is 0 Å². The molecule has 0 spiro atoms. The van der Waals surface area contributed by atoms with Crippen molar-refractivity contribution in [2.45, 2.75) is 19.9 Å². The topological polar surface area (TPSA) is 36.1 Å². The van der Waals surface area contributed by atoms with E-state index in [4.69, 9.17) is 0 Å². The summed E-state index contributed by atoms with van der Waals surface area (Å²) in [5, 5.41) is 1.13. The Morgan fingerprint density at radius 3 is 2.57 bits per heavy atom. The molecule has 0 bridgehead atoms. The molecule has 1 N–H and O–H groups in total. The second kappa shape index (κ2) is 6.59. The van der Waals surface area contributed by atoms with Crippen molar-refractivity contribution in [2.24, 2.45) is 0 Å². The average molecular weight is 371 g/mol. The van der Waals surface area contributed by atoms with Crippen molar-refractivity contribution in [3.63, 3.8) is 0 Å². The molecule has 4 heteroatoms. The Morgan fingerprint density at radius 1 is 1.13 bits per heavy atom. The van der Waals surface area contributed by atoms with Gasteiger partial charge in [-0.05, 0) is 36.2 Å². The molecular weight excluding hydrogens is 352 g/mol. The Labute approximate surface area is 144 Å². The van der Waals surface area contributed by atoms with Crippen LogP contribution in [0.5, 0.6) is 0 Å². The lowest BCUT2D eigenvalue weighted by molar-refractivity contribution is -0.129. The molecule has 1 heterocycles. The lowest BCUT2D eigenvalue weighted by atomic mass is 10.1. The summed E-state index contributed by atoms with van der Waals surface area (Å²) in [5.74, 6) is 0.126. The molecule has 0 atom stereocenters. The van der Waals surface area contributed by atoms with Gasteiger partial charge >= 0.3 is 0 Å². The van der Waals surface area contributed by atoms with Crippen LogP contribution in [0, 0.1) is 6.92 Å². The summed E-state index contributed by atoms with van der Waals surface area (Å²) < 4.78 is 1.05. The number of carbonyl (C=O) groups excluding carboxylic acids is 1. The van der Waals surface area contributed by atoms with Gasteiger partial charge in [-0.15, -0.1) is 0 Å². The molecular formula is C19H19BrN2O. The van der Waals surface area contributed by atoms with E-state index in [1.807, 2.05) is 56.4 Å². The van der Waals surface area contributed by atoms with Crippen LogP contribution in [0.2, 0.25) is 0 Å². The first-order valence-electron chi connectivity index (χ1n) is 7.59. The fourth-order valence-electron chi connectivity index (χ4n) is 2.80. The maximum atomic E-state index is 12.6. The van der Waals surface area contributed by atoms with Gasteiger partial charge in [0, 0.05) is 34.7 Å². The lowest BCUT2D eigenvalue weighted by Gasteiger charge is -2.17. The largest absolute Gasteiger partial charge is 0.358 e. The van der Waals surface area contributed by atoms with Crippen LogP contribution >= 0.6 is 15.9 Å². The van der Waals surface area contributed by atoms with Crippen molar-refractivity contribution in [1.29, 1.82) is 0 Å². The number of H-pyrrole nitrogens is 1. The number of amides is 1. The third-order valence-corrected chi connectivity index (χ3v) is 4.64. The molecule has 0 saturated carbocycles. The van der Waals surface area contributed by atoms with Crippen molar-refractivity contribution in [2.75, 3.05) is 7.05 Å². The van der Waals surface area contributed by atoms with Crippen LogP contribution in [0.4, 0.5) is 0 Å². The molecule has 3 nitrogen and oxygen atoms in total. The predicted octanol–water partition coefficient (Wildman–Crippen LogP) is 4.44. The molecule has 0 aliphatic heterocycles. The van der Waals surface area contributed by atoms with Crippen LogP contribution < -0.4 is 0 Å². The van der Waals surface area contributed by atoms with Gasteiger partial charge < -0.3 is 9.88 Å². The first-order valence-corrected chi connectivity index (χ1v) is 8.38. The number of aromatic nitrogens is 1. The number of benzene rings is 2. The van der Waals surface area contributed by atoms with Gasteiger partial charge in [0.25, 0.3) is 0 Å². The Kier molecular flexibility index (Phi) is 4.53. The number of rotatable bonds is 4. The summed E-state index contributed by atoms with van der Waals surface area (Å²) in [5.41, 5.74) is 4.37. The number of hydrogen-bond donors (Lipinski definition) is 1. The van der Waals surface area contributed by atoms with Gasteiger partial charge in [-0.2, -0.15) is 0 Å². The van der Waals surface area contributed by atoms with Crippen LogP contribution in [-0.4, -0.2) is 22.8 Å². The van der Waals surface area contributed by atoms with Gasteiger partial charge in [0.2, 0.25) is 5.91 Å². The highest BCUT2D eigenvalue weighted by atomic mass is 79.9. The molecule has 0 fully saturated rings. The van der Waals surface area contributed by atoms with E-state index in [1.54, 1.807) is 4.90 Å². The number of nitrogens with one attached hydrogen (secondary N) is 1. The molecule has 23 heavy (non-hydrogen) atoms. The van der Waals surface area contributed by atoms with Crippen LogP contribution in [0.1, 0.15) is 16.8 Å². The quantitative estimate of drug-likeness (QED) is 0.723. The zero-order valence-corrected chi connectivity index (χ0v) is 14.9. The molecule has 3 rings (SSSR count). The minimum atomic E-state index is 0.126. The Bertz CT molecular complexity index is 836. The van der Waals surface area contributed by atoms with E-state index < -0.39 is 0 Å². The summed E-state index contributed by atoms with van der Waals surface area (Å²) in [6.07, 6.45) is 0.420. The number of aryl methyl sites for hydroxylation is 1. The highest BCUT2D eigenvalue weighted by Gasteiger charge is 2.15. The normalized spacial score (nSPS) is 10.9. The highest BCUT2D eigenvalue weighted by molar-refractivity contribution is 9.10. The predicted molar refractivity (Wildman–Crippen MR) is 97.4 cm³/mol. The second-order valence-electron chi connectivity index (χ2n) is 5.83. The first-order chi connectivity index (χ1) is 11.0. The SMILES string of the molecule is Cc1[nH]c2ccccc2c1CC(=O)N(C)Cc1ccc(Br)cc1. The summed E-state index contributed by atoms with van der Waals surface area (Å²) in [4.78, 5) is 17.7. The smallest absolute Gasteiger partial charge is 0.227 e. The maximum Gasteiger partial charge on any atom is 0.227 e. The van der Waals surface area contributed by atoms with Crippen LogP contribution in [0.25, 0.3) is 10.9 Å². The second-order valence-corrected chi connectivity index (χ2v) is 6.74. The van der Waals surface area contributed by atoms with E-state index in [1.165, 1.54) is 0 Å². The van der Waals surface area contributed by atoms with Crippen molar-refractivity contribution < 1.29 is 4.79 Å². The molecule has 2 aromatic carbocycles. The Hall–Kier alpha value is -2.07. The minimum absolute atomic E-state index is 0.126. The highest BCUT2D eigenvalue weighted by Crippen LogP contribution is 2.23. The monoisotopic (exact) mass is 370 g/mol. The van der Waals surface area contributed by atoms with Gasteiger partial charge in [0.1, 0.15) is 0 Å². The van der Waals surface area contributed by atoms with E-state index in [9.17, 15) is 4.79 Å². The van der Waals surface area contributed by atoms with E-state index in [-0.39, 0.29) is 5.91 Å². The number of hydrogen-bond acceptors (Lipinski definition) is 1. The number of likely N-dealkylation sites (N-methyl/N-ethyl adjacent to an activating group) is 1. The fraction of sp³-hybridized carbons (Fsp3) is 0.211. The number of aromatic amines is 1. The molecule has 0 radical (unpaired) electrons. The van der Waals surface area contributed by atoms with E-state index in [0.717, 1.165) is 32.2 Å². The summed E-state index contributed by atoms with van der Waals surface area (Å²) in [6.45, 7) is 2.64. The number of carbonyl (C=O) groups is 1. The number of fused-ring (bicyclic) bond motifs is 1. The van der Waals surface area contributed by atoms with Gasteiger partial charge in [-0.25, -0.2) is 0 Å². The Balaban J connectivity index is 1.75. The zero-order chi connectivity index (χ0) is 16.4. The first kappa shape index (κ1) is 15.8. The third-order valence-electron chi connectivity index (χ3n) is 4.11. The molecule has 118 valence electrons. The van der Waals surface area contributed by atoms with Crippen molar-refractivity contribution in [1.82, 2.24) is 9.88 Å². The van der Waals surface area contributed by atoms with Crippen LogP contribution in [0.3, 0.4) is 0 Å². The molecule has 0 unspecified atom stereocenters. The molecule has 0 saturated heterocycles. The van der Waals surface area contributed by atoms with Gasteiger partial charge in [0.15, 0.2) is 0 Å². The summed E-state index contributed by atoms with van der Waals surface area (Å²) in [7, 11) is 1.86.